The fraction of sp³-hybridized carbons (Fsp3) is 0.682. The summed E-state index contributed by atoms with van der Waals surface area (Å²) in [7, 11) is 4.06. The van der Waals surface area contributed by atoms with E-state index in [9.17, 15) is 0 Å². The second kappa shape index (κ2) is 9.47. The van der Waals surface area contributed by atoms with Crippen molar-refractivity contribution in [3.05, 3.63) is 34.9 Å². The van der Waals surface area contributed by atoms with Crippen LogP contribution in [0.15, 0.2) is 29.3 Å². The average molecular weight is 406 g/mol. The molecule has 0 bridgehead atoms. The van der Waals surface area contributed by atoms with Crippen LogP contribution in [0, 0.1) is 5.92 Å². The predicted molar refractivity (Wildman–Crippen MR) is 119 cm³/mol. The van der Waals surface area contributed by atoms with Gasteiger partial charge in [-0.05, 0) is 43.5 Å². The Labute approximate surface area is 175 Å². The number of guanidine groups is 1. The van der Waals surface area contributed by atoms with E-state index in [1.165, 1.54) is 18.4 Å². The number of nitrogens with one attached hydrogen (secondary N) is 2. The third-order valence-electron chi connectivity index (χ3n) is 6.36. The quantitative estimate of drug-likeness (QED) is 0.540. The number of nitrogens with zero attached hydrogens (tertiary/aromatic N) is 3. The number of hydrogen-bond acceptors (Lipinski definition) is 3. The molecule has 28 heavy (non-hydrogen) atoms. The zero-order chi connectivity index (χ0) is 20.1. The Hall–Kier alpha value is -1.30. The van der Waals surface area contributed by atoms with Gasteiger partial charge in [-0.2, -0.15) is 0 Å². The summed E-state index contributed by atoms with van der Waals surface area (Å²) in [6.45, 7) is 11.0. The van der Waals surface area contributed by atoms with Crippen molar-refractivity contribution in [3.63, 3.8) is 0 Å². The van der Waals surface area contributed by atoms with E-state index in [0.717, 1.165) is 50.3 Å². The minimum atomic E-state index is 0.206. The molecule has 5 nitrogen and oxygen atoms in total. The minimum absolute atomic E-state index is 0.206. The molecule has 2 aliphatic rings. The van der Waals surface area contributed by atoms with E-state index >= 15 is 0 Å². The first-order chi connectivity index (χ1) is 13.4. The van der Waals surface area contributed by atoms with Crippen LogP contribution in [0.2, 0.25) is 5.02 Å². The van der Waals surface area contributed by atoms with E-state index in [1.54, 1.807) is 0 Å². The van der Waals surface area contributed by atoms with Crippen molar-refractivity contribution in [1.29, 1.82) is 0 Å². The highest BCUT2D eigenvalue weighted by molar-refractivity contribution is 6.30. The normalized spacial score (nSPS) is 21.6. The van der Waals surface area contributed by atoms with Gasteiger partial charge >= 0.3 is 0 Å². The maximum absolute atomic E-state index is 6.20. The Morgan fingerprint density at radius 1 is 1.18 bits per heavy atom. The second-order valence-corrected chi connectivity index (χ2v) is 9.18. The summed E-state index contributed by atoms with van der Waals surface area (Å²) in [5, 5.41) is 7.96. The Morgan fingerprint density at radius 3 is 2.46 bits per heavy atom. The van der Waals surface area contributed by atoms with Crippen molar-refractivity contribution in [3.8, 4) is 0 Å². The predicted octanol–water partition coefficient (Wildman–Crippen LogP) is 2.81. The van der Waals surface area contributed by atoms with E-state index in [0.29, 0.717) is 12.0 Å². The standard InChI is InChI=1S/C22H36ClN5/c1-17(2)20(28-12-10-27(4)11-13-28)15-25-21(24-3)26-16-22(8-9-22)18-6-5-7-19(23)14-18/h5-7,14,17,20H,8-13,15-16H2,1-4H3,(H2,24,25,26). The molecule has 1 saturated heterocycles. The molecule has 1 aromatic rings. The lowest BCUT2D eigenvalue weighted by atomic mass is 9.96. The number of benzene rings is 1. The van der Waals surface area contributed by atoms with Crippen LogP contribution in [0.4, 0.5) is 0 Å². The van der Waals surface area contributed by atoms with Crippen LogP contribution in [0.5, 0.6) is 0 Å². The zero-order valence-electron chi connectivity index (χ0n) is 17.8. The third-order valence-corrected chi connectivity index (χ3v) is 6.60. The molecule has 1 unspecified atom stereocenters. The molecule has 6 heteroatoms. The van der Waals surface area contributed by atoms with Gasteiger partial charge in [0.05, 0.1) is 0 Å². The summed E-state index contributed by atoms with van der Waals surface area (Å²) in [5.74, 6) is 1.50. The van der Waals surface area contributed by atoms with Crippen LogP contribution in [-0.4, -0.2) is 75.2 Å². The maximum atomic E-state index is 6.20. The van der Waals surface area contributed by atoms with Crippen LogP contribution < -0.4 is 10.6 Å². The lowest BCUT2D eigenvalue weighted by Crippen LogP contribution is -2.55. The molecule has 1 aliphatic heterocycles. The summed E-state index contributed by atoms with van der Waals surface area (Å²) in [4.78, 5) is 9.49. The Bertz CT molecular complexity index is 663. The maximum Gasteiger partial charge on any atom is 0.191 e. The SMILES string of the molecule is CN=C(NCC(C(C)C)N1CCN(C)CC1)NCC1(c2cccc(Cl)c2)CC1. The van der Waals surface area contributed by atoms with E-state index in [-0.39, 0.29) is 5.41 Å². The van der Waals surface area contributed by atoms with Gasteiger partial charge in [-0.25, -0.2) is 0 Å². The van der Waals surface area contributed by atoms with Crippen LogP contribution >= 0.6 is 11.6 Å². The average Bonchev–Trinajstić information content (AvgIpc) is 3.47. The zero-order valence-corrected chi connectivity index (χ0v) is 18.6. The van der Waals surface area contributed by atoms with Gasteiger partial charge in [0.2, 0.25) is 0 Å². The van der Waals surface area contributed by atoms with Gasteiger partial charge in [0, 0.05) is 62.8 Å². The van der Waals surface area contributed by atoms with E-state index in [4.69, 9.17) is 11.6 Å². The Balaban J connectivity index is 1.52. The van der Waals surface area contributed by atoms with Crippen LogP contribution in [0.3, 0.4) is 0 Å². The molecule has 3 rings (SSSR count). The Morgan fingerprint density at radius 2 is 1.89 bits per heavy atom. The van der Waals surface area contributed by atoms with Gasteiger partial charge in [0.25, 0.3) is 0 Å². The molecule has 1 aliphatic carbocycles. The van der Waals surface area contributed by atoms with Crippen molar-refractivity contribution in [2.24, 2.45) is 10.9 Å². The highest BCUT2D eigenvalue weighted by Gasteiger charge is 2.44. The summed E-state index contributed by atoms with van der Waals surface area (Å²) in [6, 6.07) is 8.82. The monoisotopic (exact) mass is 405 g/mol. The highest BCUT2D eigenvalue weighted by Crippen LogP contribution is 2.48. The first-order valence-corrected chi connectivity index (χ1v) is 10.9. The number of likely N-dealkylation sites (N-methyl/N-ethyl adjacent to an activating group) is 1. The number of aliphatic imine (C=N–C) groups is 1. The van der Waals surface area contributed by atoms with Crippen molar-refractivity contribution in [2.75, 3.05) is 53.4 Å². The summed E-state index contributed by atoms with van der Waals surface area (Å²) < 4.78 is 0. The van der Waals surface area contributed by atoms with Gasteiger partial charge in [-0.15, -0.1) is 0 Å². The van der Waals surface area contributed by atoms with E-state index in [1.807, 2.05) is 19.2 Å². The minimum Gasteiger partial charge on any atom is -0.356 e. The van der Waals surface area contributed by atoms with Gasteiger partial charge in [-0.1, -0.05) is 37.6 Å². The smallest absolute Gasteiger partial charge is 0.191 e. The molecule has 0 spiro atoms. The molecule has 1 heterocycles. The largest absolute Gasteiger partial charge is 0.356 e. The van der Waals surface area contributed by atoms with Crippen molar-refractivity contribution >= 4 is 17.6 Å². The van der Waals surface area contributed by atoms with Crippen molar-refractivity contribution in [2.45, 2.75) is 38.1 Å². The van der Waals surface area contributed by atoms with E-state index in [2.05, 4.69) is 58.5 Å². The van der Waals surface area contributed by atoms with Crippen LogP contribution in [0.25, 0.3) is 0 Å². The molecular formula is C22H36ClN5. The van der Waals surface area contributed by atoms with Crippen molar-refractivity contribution in [1.82, 2.24) is 20.4 Å². The topological polar surface area (TPSA) is 42.9 Å². The van der Waals surface area contributed by atoms with Gasteiger partial charge in [0.15, 0.2) is 5.96 Å². The molecule has 2 N–H and O–H groups in total. The molecule has 1 atom stereocenters. The van der Waals surface area contributed by atoms with Crippen molar-refractivity contribution < 1.29 is 0 Å². The van der Waals surface area contributed by atoms with Gasteiger partial charge in [-0.3, -0.25) is 9.89 Å². The lowest BCUT2D eigenvalue weighted by molar-refractivity contribution is 0.0900. The van der Waals surface area contributed by atoms with Crippen LogP contribution in [0.1, 0.15) is 32.3 Å². The number of hydrogen-bond donors (Lipinski definition) is 2. The fourth-order valence-corrected chi connectivity index (χ4v) is 4.34. The second-order valence-electron chi connectivity index (χ2n) is 8.75. The molecule has 1 aromatic carbocycles. The molecule has 0 amide bonds. The molecular weight excluding hydrogens is 370 g/mol. The third kappa shape index (κ3) is 5.40. The molecule has 156 valence electrons. The fourth-order valence-electron chi connectivity index (χ4n) is 4.15. The summed E-state index contributed by atoms with van der Waals surface area (Å²) in [5.41, 5.74) is 1.54. The van der Waals surface area contributed by atoms with E-state index < -0.39 is 0 Å². The number of rotatable bonds is 7. The highest BCUT2D eigenvalue weighted by atomic mass is 35.5. The Kier molecular flexibility index (Phi) is 7.24. The number of halogens is 1. The van der Waals surface area contributed by atoms with Gasteiger partial charge < -0.3 is 15.5 Å². The summed E-state index contributed by atoms with van der Waals surface area (Å²) in [6.07, 6.45) is 2.40. The molecule has 0 aromatic heterocycles. The first kappa shape index (κ1) is 21.4. The van der Waals surface area contributed by atoms with Gasteiger partial charge in [0.1, 0.15) is 0 Å². The lowest BCUT2D eigenvalue weighted by Gasteiger charge is -2.40. The molecule has 2 fully saturated rings. The summed E-state index contributed by atoms with van der Waals surface area (Å²) >= 11 is 6.20. The van der Waals surface area contributed by atoms with Crippen LogP contribution in [-0.2, 0) is 5.41 Å². The number of piperazine rings is 1. The first-order valence-electron chi connectivity index (χ1n) is 10.6. The molecule has 1 saturated carbocycles. The molecule has 0 radical (unpaired) electrons.